The van der Waals surface area contributed by atoms with Crippen molar-refractivity contribution in [1.82, 2.24) is 10.2 Å². The lowest BCUT2D eigenvalue weighted by Crippen LogP contribution is -2.42. The van der Waals surface area contributed by atoms with Gasteiger partial charge in [-0.2, -0.15) is 0 Å². The van der Waals surface area contributed by atoms with Crippen molar-refractivity contribution in [3.05, 3.63) is 0 Å². The maximum Gasteiger partial charge on any atom is 0.322 e. The quantitative estimate of drug-likeness (QED) is 0.592. The summed E-state index contributed by atoms with van der Waals surface area (Å²) in [4.78, 5) is 14.3. The molecule has 1 rings (SSSR count). The Kier molecular flexibility index (Phi) is 8.15. The van der Waals surface area contributed by atoms with Gasteiger partial charge in [0.1, 0.15) is 6.04 Å². The van der Waals surface area contributed by atoms with E-state index in [2.05, 4.69) is 31.0 Å². The van der Waals surface area contributed by atoms with E-state index in [1.54, 1.807) is 0 Å². The number of nitrogens with zero attached hydrogens (tertiary/aromatic N) is 1. The number of ether oxygens (including phenoxy) is 1. The van der Waals surface area contributed by atoms with Crippen molar-refractivity contribution in [3.8, 4) is 0 Å². The van der Waals surface area contributed by atoms with Crippen LogP contribution in [0.4, 0.5) is 0 Å². The van der Waals surface area contributed by atoms with Crippen LogP contribution in [-0.4, -0.2) is 49.7 Å². The second-order valence-electron chi connectivity index (χ2n) is 5.88. The Labute approximate surface area is 124 Å². The molecule has 1 saturated carbocycles. The number of methoxy groups -OCH3 is 1. The molecule has 0 aromatic rings. The topological polar surface area (TPSA) is 41.6 Å². The van der Waals surface area contributed by atoms with Crippen molar-refractivity contribution in [2.45, 2.75) is 65.0 Å². The molecule has 0 aliphatic heterocycles. The summed E-state index contributed by atoms with van der Waals surface area (Å²) in [5.41, 5.74) is 0. The Morgan fingerprint density at radius 1 is 1.30 bits per heavy atom. The van der Waals surface area contributed by atoms with Gasteiger partial charge in [-0.05, 0) is 31.7 Å². The largest absolute Gasteiger partial charge is 0.468 e. The predicted molar refractivity (Wildman–Crippen MR) is 82.8 cm³/mol. The molecule has 1 unspecified atom stereocenters. The zero-order valence-electron chi connectivity index (χ0n) is 13.7. The number of hydrogen-bond donors (Lipinski definition) is 1. The minimum absolute atomic E-state index is 0.115. The van der Waals surface area contributed by atoms with Gasteiger partial charge in [0.25, 0.3) is 0 Å². The molecule has 20 heavy (non-hydrogen) atoms. The Morgan fingerprint density at radius 2 is 1.95 bits per heavy atom. The summed E-state index contributed by atoms with van der Waals surface area (Å²) in [6, 6.07) is 0.400. The Hall–Kier alpha value is -0.610. The number of rotatable bonds is 11. The van der Waals surface area contributed by atoms with Crippen LogP contribution in [0.3, 0.4) is 0 Å². The average Bonchev–Trinajstić information content (AvgIpc) is 3.29. The SMILES string of the molecule is CCC(CC)CN(CC)CCC(NC1CC1)C(=O)OC. The minimum atomic E-state index is -0.136. The van der Waals surface area contributed by atoms with Crippen molar-refractivity contribution in [1.29, 1.82) is 0 Å². The fraction of sp³-hybridized carbons (Fsp3) is 0.938. The zero-order valence-corrected chi connectivity index (χ0v) is 13.7. The molecule has 1 aliphatic carbocycles. The summed E-state index contributed by atoms with van der Waals surface area (Å²) in [7, 11) is 1.48. The van der Waals surface area contributed by atoms with E-state index in [1.807, 2.05) is 0 Å². The van der Waals surface area contributed by atoms with Gasteiger partial charge in [0.2, 0.25) is 0 Å². The zero-order chi connectivity index (χ0) is 15.0. The molecule has 0 heterocycles. The first-order valence-electron chi connectivity index (χ1n) is 8.20. The van der Waals surface area contributed by atoms with Crippen LogP contribution < -0.4 is 5.32 Å². The molecule has 4 nitrogen and oxygen atoms in total. The van der Waals surface area contributed by atoms with Crippen LogP contribution in [0, 0.1) is 5.92 Å². The molecule has 0 bridgehead atoms. The number of esters is 1. The van der Waals surface area contributed by atoms with Crippen molar-refractivity contribution < 1.29 is 9.53 Å². The number of carbonyl (C=O) groups is 1. The van der Waals surface area contributed by atoms with Crippen molar-refractivity contribution in [3.63, 3.8) is 0 Å². The van der Waals surface area contributed by atoms with Gasteiger partial charge in [-0.15, -0.1) is 0 Å². The summed E-state index contributed by atoms with van der Waals surface area (Å²) >= 11 is 0. The minimum Gasteiger partial charge on any atom is -0.468 e. The third kappa shape index (κ3) is 6.23. The predicted octanol–water partition coefficient (Wildman–Crippen LogP) is 2.43. The number of nitrogens with one attached hydrogen (secondary N) is 1. The Balaban J connectivity index is 2.39. The van der Waals surface area contributed by atoms with Gasteiger partial charge in [0, 0.05) is 19.1 Å². The number of hydrogen-bond acceptors (Lipinski definition) is 4. The van der Waals surface area contributed by atoms with Crippen LogP contribution in [0.5, 0.6) is 0 Å². The summed E-state index contributed by atoms with van der Waals surface area (Å²) < 4.78 is 4.91. The first kappa shape index (κ1) is 17.4. The normalized spacial score (nSPS) is 16.7. The maximum absolute atomic E-state index is 11.8. The molecule has 4 heteroatoms. The first-order valence-corrected chi connectivity index (χ1v) is 8.20. The fourth-order valence-electron chi connectivity index (χ4n) is 2.55. The molecule has 0 aromatic carbocycles. The van der Waals surface area contributed by atoms with Crippen molar-refractivity contribution in [2.75, 3.05) is 26.7 Å². The molecule has 0 saturated heterocycles. The Morgan fingerprint density at radius 3 is 2.40 bits per heavy atom. The Bertz CT molecular complexity index is 276. The maximum atomic E-state index is 11.8. The molecule has 1 aliphatic rings. The van der Waals surface area contributed by atoms with E-state index in [9.17, 15) is 4.79 Å². The third-order valence-electron chi connectivity index (χ3n) is 4.35. The monoisotopic (exact) mass is 284 g/mol. The van der Waals surface area contributed by atoms with Gasteiger partial charge >= 0.3 is 5.97 Å². The van der Waals surface area contributed by atoms with Crippen molar-refractivity contribution in [2.24, 2.45) is 5.92 Å². The van der Waals surface area contributed by atoms with Gasteiger partial charge in [-0.25, -0.2) is 0 Å². The fourth-order valence-corrected chi connectivity index (χ4v) is 2.55. The summed E-state index contributed by atoms with van der Waals surface area (Å²) in [5, 5.41) is 3.40. The molecule has 0 amide bonds. The van der Waals surface area contributed by atoms with Crippen LogP contribution in [0.25, 0.3) is 0 Å². The van der Waals surface area contributed by atoms with Gasteiger partial charge < -0.3 is 15.0 Å². The highest BCUT2D eigenvalue weighted by Gasteiger charge is 2.29. The van der Waals surface area contributed by atoms with E-state index in [0.29, 0.717) is 6.04 Å². The molecule has 118 valence electrons. The molecular formula is C16H32N2O2. The summed E-state index contributed by atoms with van der Waals surface area (Å²) in [6.07, 6.45) is 5.69. The molecule has 0 spiro atoms. The molecule has 0 radical (unpaired) electrons. The molecule has 1 atom stereocenters. The van der Waals surface area contributed by atoms with Gasteiger partial charge in [0.05, 0.1) is 7.11 Å². The smallest absolute Gasteiger partial charge is 0.322 e. The van der Waals surface area contributed by atoms with E-state index < -0.39 is 0 Å². The van der Waals surface area contributed by atoms with Crippen molar-refractivity contribution >= 4 is 5.97 Å². The standard InChI is InChI=1S/C16H32N2O2/c1-5-13(6-2)12-18(7-3)11-10-15(16(19)20-4)17-14-8-9-14/h13-15,17H,5-12H2,1-4H3. The highest BCUT2D eigenvalue weighted by atomic mass is 16.5. The average molecular weight is 284 g/mol. The second-order valence-corrected chi connectivity index (χ2v) is 5.88. The van der Waals surface area contributed by atoms with E-state index in [-0.39, 0.29) is 12.0 Å². The van der Waals surface area contributed by atoms with Gasteiger partial charge in [-0.3, -0.25) is 4.79 Å². The second kappa shape index (κ2) is 9.35. The van der Waals surface area contributed by atoms with Crippen LogP contribution in [0.15, 0.2) is 0 Å². The van der Waals surface area contributed by atoms with E-state index >= 15 is 0 Å². The van der Waals surface area contributed by atoms with Crippen LogP contribution >= 0.6 is 0 Å². The highest BCUT2D eigenvalue weighted by molar-refractivity contribution is 5.75. The summed E-state index contributed by atoms with van der Waals surface area (Å²) in [5.74, 6) is 0.651. The molecule has 1 fully saturated rings. The lowest BCUT2D eigenvalue weighted by molar-refractivity contribution is -0.143. The third-order valence-corrected chi connectivity index (χ3v) is 4.35. The lowest BCUT2D eigenvalue weighted by atomic mass is 10.0. The van der Waals surface area contributed by atoms with E-state index in [4.69, 9.17) is 4.74 Å². The van der Waals surface area contributed by atoms with Crippen LogP contribution in [-0.2, 0) is 9.53 Å². The van der Waals surface area contributed by atoms with Crippen LogP contribution in [0.2, 0.25) is 0 Å². The molecular weight excluding hydrogens is 252 g/mol. The van der Waals surface area contributed by atoms with Gasteiger partial charge in [-0.1, -0.05) is 33.6 Å². The van der Waals surface area contributed by atoms with Crippen LogP contribution in [0.1, 0.15) is 52.9 Å². The van der Waals surface area contributed by atoms with E-state index in [0.717, 1.165) is 32.0 Å². The highest BCUT2D eigenvalue weighted by Crippen LogP contribution is 2.20. The molecule has 1 N–H and O–H groups in total. The summed E-state index contributed by atoms with van der Waals surface area (Å²) in [6.45, 7) is 9.87. The first-order chi connectivity index (χ1) is 9.64. The number of carbonyl (C=O) groups excluding carboxylic acids is 1. The lowest BCUT2D eigenvalue weighted by Gasteiger charge is -2.27. The molecule has 0 aromatic heterocycles. The van der Waals surface area contributed by atoms with E-state index in [1.165, 1.54) is 32.8 Å². The van der Waals surface area contributed by atoms with Gasteiger partial charge in [0.15, 0.2) is 0 Å².